The number of nitrogens with one attached hydrogen (secondary N) is 2. The quantitative estimate of drug-likeness (QED) is 0.885. The smallest absolute Gasteiger partial charge is 0.251 e. The highest BCUT2D eigenvalue weighted by Crippen LogP contribution is 2.30. The molecule has 2 N–H and O–H groups in total. The fourth-order valence-corrected chi connectivity index (χ4v) is 3.01. The largest absolute Gasteiger partial charge is 0.486 e. The molecule has 0 bridgehead atoms. The van der Waals surface area contributed by atoms with Crippen LogP contribution in [0.25, 0.3) is 0 Å². The van der Waals surface area contributed by atoms with Crippen LogP contribution in [0.2, 0.25) is 0 Å². The Labute approximate surface area is 152 Å². The first kappa shape index (κ1) is 17.8. The van der Waals surface area contributed by atoms with Crippen LogP contribution < -0.4 is 20.1 Å². The third kappa shape index (κ3) is 3.96. The molecule has 0 spiro atoms. The molecule has 0 saturated heterocycles. The topological polar surface area (TPSA) is 76.7 Å². The van der Waals surface area contributed by atoms with Crippen LogP contribution in [0.15, 0.2) is 30.3 Å². The zero-order valence-corrected chi connectivity index (χ0v) is 15.1. The van der Waals surface area contributed by atoms with Crippen LogP contribution in [0.5, 0.6) is 11.5 Å². The van der Waals surface area contributed by atoms with Crippen molar-refractivity contribution in [2.75, 3.05) is 25.1 Å². The van der Waals surface area contributed by atoms with Gasteiger partial charge in [0.25, 0.3) is 5.91 Å². The number of hydrogen-bond donors (Lipinski definition) is 2. The van der Waals surface area contributed by atoms with Crippen LogP contribution in [-0.4, -0.2) is 31.6 Å². The molecule has 0 saturated carbocycles. The molecule has 6 nitrogen and oxygen atoms in total. The van der Waals surface area contributed by atoms with Gasteiger partial charge in [-0.25, -0.2) is 0 Å². The predicted molar refractivity (Wildman–Crippen MR) is 99.0 cm³/mol. The molecule has 3 rings (SSSR count). The fraction of sp³-hybridized carbons (Fsp3) is 0.300. The van der Waals surface area contributed by atoms with E-state index in [-0.39, 0.29) is 18.4 Å². The maximum absolute atomic E-state index is 12.3. The Hall–Kier alpha value is -3.02. The van der Waals surface area contributed by atoms with Gasteiger partial charge >= 0.3 is 0 Å². The van der Waals surface area contributed by atoms with E-state index in [1.165, 1.54) is 0 Å². The first-order chi connectivity index (χ1) is 12.4. The van der Waals surface area contributed by atoms with Crippen LogP contribution in [0.1, 0.15) is 27.0 Å². The summed E-state index contributed by atoms with van der Waals surface area (Å²) in [6, 6.07) is 8.99. The molecule has 0 fully saturated rings. The maximum atomic E-state index is 12.3. The Morgan fingerprint density at radius 3 is 2.31 bits per heavy atom. The normalized spacial score (nSPS) is 12.4. The summed E-state index contributed by atoms with van der Waals surface area (Å²) in [6.07, 6.45) is 0. The number of benzene rings is 2. The summed E-state index contributed by atoms with van der Waals surface area (Å²) in [6.45, 7) is 6.75. The van der Waals surface area contributed by atoms with Crippen molar-refractivity contribution in [1.29, 1.82) is 0 Å². The molecule has 0 aliphatic carbocycles. The lowest BCUT2D eigenvalue weighted by atomic mass is 10.1. The van der Waals surface area contributed by atoms with Crippen molar-refractivity contribution >= 4 is 17.5 Å². The summed E-state index contributed by atoms with van der Waals surface area (Å²) in [5.74, 6) is 0.551. The second-order valence-electron chi connectivity index (χ2n) is 6.36. The minimum absolute atomic E-state index is 0.111. The van der Waals surface area contributed by atoms with Gasteiger partial charge in [-0.3, -0.25) is 9.59 Å². The SMILES string of the molecule is Cc1cc(C)c(NC(=O)CNC(=O)c2ccc3c(c2)OCCO3)c(C)c1. The van der Waals surface area contributed by atoms with Crippen LogP contribution in [0.4, 0.5) is 5.69 Å². The minimum Gasteiger partial charge on any atom is -0.486 e. The molecule has 1 aliphatic heterocycles. The number of anilines is 1. The zero-order valence-electron chi connectivity index (χ0n) is 15.1. The molecule has 0 radical (unpaired) electrons. The van der Waals surface area contributed by atoms with E-state index in [2.05, 4.69) is 10.6 Å². The molecule has 2 aromatic rings. The van der Waals surface area contributed by atoms with Gasteiger partial charge in [0.05, 0.1) is 6.54 Å². The van der Waals surface area contributed by atoms with E-state index in [0.29, 0.717) is 30.3 Å². The highest BCUT2D eigenvalue weighted by atomic mass is 16.6. The van der Waals surface area contributed by atoms with E-state index < -0.39 is 0 Å². The summed E-state index contributed by atoms with van der Waals surface area (Å²) in [5, 5.41) is 5.49. The number of carbonyl (C=O) groups is 2. The summed E-state index contributed by atoms with van der Waals surface area (Å²) in [4.78, 5) is 24.5. The Kier molecular flexibility index (Phi) is 5.11. The molecule has 136 valence electrons. The molecule has 2 amide bonds. The summed E-state index contributed by atoms with van der Waals surface area (Å²) in [7, 11) is 0. The molecule has 26 heavy (non-hydrogen) atoms. The molecule has 6 heteroatoms. The molecule has 2 aromatic carbocycles. The predicted octanol–water partition coefficient (Wildman–Crippen LogP) is 2.75. The monoisotopic (exact) mass is 354 g/mol. The number of rotatable bonds is 4. The lowest BCUT2D eigenvalue weighted by molar-refractivity contribution is -0.115. The van der Waals surface area contributed by atoms with E-state index in [9.17, 15) is 9.59 Å². The van der Waals surface area contributed by atoms with Gasteiger partial charge in [0.15, 0.2) is 11.5 Å². The minimum atomic E-state index is -0.338. The van der Waals surface area contributed by atoms with Crippen molar-refractivity contribution in [2.45, 2.75) is 20.8 Å². The molecular formula is C20H22N2O4. The number of hydrogen-bond acceptors (Lipinski definition) is 4. The fourth-order valence-electron chi connectivity index (χ4n) is 3.01. The van der Waals surface area contributed by atoms with Crippen molar-refractivity contribution in [2.24, 2.45) is 0 Å². The second-order valence-corrected chi connectivity index (χ2v) is 6.36. The molecule has 0 unspecified atom stereocenters. The van der Waals surface area contributed by atoms with Crippen LogP contribution in [-0.2, 0) is 4.79 Å². The number of aryl methyl sites for hydroxylation is 3. The molecule has 0 atom stereocenters. The molecule has 1 heterocycles. The van der Waals surface area contributed by atoms with Gasteiger partial charge in [0.1, 0.15) is 13.2 Å². The summed E-state index contributed by atoms with van der Waals surface area (Å²) in [5.41, 5.74) is 4.34. The van der Waals surface area contributed by atoms with Gasteiger partial charge in [0, 0.05) is 11.3 Å². The van der Waals surface area contributed by atoms with Gasteiger partial charge < -0.3 is 20.1 Å². The van der Waals surface area contributed by atoms with E-state index in [0.717, 1.165) is 22.4 Å². The second kappa shape index (κ2) is 7.47. The third-order valence-electron chi connectivity index (χ3n) is 4.16. The van der Waals surface area contributed by atoms with Crippen LogP contribution >= 0.6 is 0 Å². The highest BCUT2D eigenvalue weighted by Gasteiger charge is 2.16. The van der Waals surface area contributed by atoms with Crippen LogP contribution in [0, 0.1) is 20.8 Å². The number of amides is 2. The Bertz CT molecular complexity index is 838. The van der Waals surface area contributed by atoms with Crippen molar-refractivity contribution in [3.05, 3.63) is 52.6 Å². The molecule has 1 aliphatic rings. The first-order valence-corrected chi connectivity index (χ1v) is 8.49. The first-order valence-electron chi connectivity index (χ1n) is 8.49. The third-order valence-corrected chi connectivity index (χ3v) is 4.16. The van der Waals surface area contributed by atoms with Crippen LogP contribution in [0.3, 0.4) is 0 Å². The van der Waals surface area contributed by atoms with E-state index in [1.54, 1.807) is 18.2 Å². The van der Waals surface area contributed by atoms with Gasteiger partial charge in [0.2, 0.25) is 5.91 Å². The van der Waals surface area contributed by atoms with Crippen molar-refractivity contribution in [1.82, 2.24) is 5.32 Å². The van der Waals surface area contributed by atoms with Gasteiger partial charge in [-0.2, -0.15) is 0 Å². The lowest BCUT2D eigenvalue weighted by Crippen LogP contribution is -2.33. The Morgan fingerprint density at radius 2 is 1.62 bits per heavy atom. The summed E-state index contributed by atoms with van der Waals surface area (Å²) >= 11 is 0. The van der Waals surface area contributed by atoms with Crippen molar-refractivity contribution < 1.29 is 19.1 Å². The van der Waals surface area contributed by atoms with Crippen molar-refractivity contribution in [3.8, 4) is 11.5 Å². The van der Waals surface area contributed by atoms with E-state index in [4.69, 9.17) is 9.47 Å². The summed E-state index contributed by atoms with van der Waals surface area (Å²) < 4.78 is 10.9. The number of carbonyl (C=O) groups excluding carboxylic acids is 2. The number of ether oxygens (including phenoxy) is 2. The average molecular weight is 354 g/mol. The highest BCUT2D eigenvalue weighted by molar-refractivity contribution is 6.00. The van der Waals surface area contributed by atoms with E-state index >= 15 is 0 Å². The zero-order chi connectivity index (χ0) is 18.7. The van der Waals surface area contributed by atoms with E-state index in [1.807, 2.05) is 32.9 Å². The Morgan fingerprint density at radius 1 is 0.962 bits per heavy atom. The average Bonchev–Trinajstić information content (AvgIpc) is 2.62. The molecular weight excluding hydrogens is 332 g/mol. The standard InChI is InChI=1S/C20H22N2O4/c1-12-8-13(2)19(14(3)9-12)22-18(23)11-21-20(24)15-4-5-16-17(10-15)26-7-6-25-16/h4-5,8-10H,6-7,11H2,1-3H3,(H,21,24)(H,22,23). The maximum Gasteiger partial charge on any atom is 0.251 e. The van der Waals surface area contributed by atoms with Gasteiger partial charge in [-0.15, -0.1) is 0 Å². The van der Waals surface area contributed by atoms with Gasteiger partial charge in [-0.1, -0.05) is 17.7 Å². The van der Waals surface area contributed by atoms with Gasteiger partial charge in [-0.05, 0) is 50.1 Å². The Balaban J connectivity index is 1.60. The number of fused-ring (bicyclic) bond motifs is 1. The lowest BCUT2D eigenvalue weighted by Gasteiger charge is -2.18. The molecule has 0 aromatic heterocycles. The van der Waals surface area contributed by atoms with Crippen molar-refractivity contribution in [3.63, 3.8) is 0 Å².